The van der Waals surface area contributed by atoms with Crippen molar-refractivity contribution in [3.8, 4) is 0 Å². The van der Waals surface area contributed by atoms with Gasteiger partial charge >= 0.3 is 0 Å². The zero-order chi connectivity index (χ0) is 13.8. The van der Waals surface area contributed by atoms with E-state index in [1.165, 1.54) is 0 Å². The van der Waals surface area contributed by atoms with E-state index in [9.17, 15) is 0 Å². The molecule has 0 saturated carbocycles. The summed E-state index contributed by atoms with van der Waals surface area (Å²) >= 11 is 0. The van der Waals surface area contributed by atoms with Crippen LogP contribution in [0.5, 0.6) is 0 Å². The highest BCUT2D eigenvalue weighted by molar-refractivity contribution is 5.96. The molecule has 0 radical (unpaired) electrons. The van der Waals surface area contributed by atoms with Crippen LogP contribution in [0.3, 0.4) is 0 Å². The average molecular weight is 251 g/mol. The lowest BCUT2D eigenvalue weighted by molar-refractivity contribution is 1.28. The number of hydrogen-bond donors (Lipinski definition) is 1. The van der Waals surface area contributed by atoms with Crippen LogP contribution in [-0.2, 0) is 0 Å². The van der Waals surface area contributed by atoms with Crippen molar-refractivity contribution in [3.63, 3.8) is 0 Å². The number of allylic oxidation sites excluding steroid dienone is 1. The molecule has 2 rings (SSSR count). The molecule has 3 heteroatoms. The standard InChI is InChI=1S/C16H17N3/c1-11(2)8-16(17)19-12(3)15-9-13-6-4-5-7-14(13)10-18-15/h4-10H,3H2,1-2H3,(H2,17,19). The van der Waals surface area contributed by atoms with E-state index in [0.29, 0.717) is 11.5 Å². The maximum Gasteiger partial charge on any atom is 0.124 e. The topological polar surface area (TPSA) is 51.3 Å². The summed E-state index contributed by atoms with van der Waals surface area (Å²) in [5, 5.41) is 2.21. The molecule has 2 N–H and O–H groups in total. The van der Waals surface area contributed by atoms with Crippen LogP contribution in [0.15, 0.2) is 59.7 Å². The molecule has 1 heterocycles. The molecule has 19 heavy (non-hydrogen) atoms. The minimum Gasteiger partial charge on any atom is -0.384 e. The molecular formula is C16H17N3. The second-order valence-electron chi connectivity index (χ2n) is 4.62. The Bertz CT molecular complexity index is 677. The Morgan fingerprint density at radius 1 is 1.26 bits per heavy atom. The van der Waals surface area contributed by atoms with Crippen LogP contribution < -0.4 is 5.73 Å². The van der Waals surface area contributed by atoms with Crippen molar-refractivity contribution < 1.29 is 0 Å². The van der Waals surface area contributed by atoms with Crippen LogP contribution in [0.1, 0.15) is 19.5 Å². The first-order chi connectivity index (χ1) is 9.06. The summed E-state index contributed by atoms with van der Waals surface area (Å²) in [6.07, 6.45) is 3.63. The van der Waals surface area contributed by atoms with Crippen LogP contribution in [0.2, 0.25) is 0 Å². The Morgan fingerprint density at radius 3 is 2.63 bits per heavy atom. The smallest absolute Gasteiger partial charge is 0.124 e. The third-order valence-corrected chi connectivity index (χ3v) is 2.63. The van der Waals surface area contributed by atoms with E-state index in [2.05, 4.69) is 16.6 Å². The van der Waals surface area contributed by atoms with E-state index in [0.717, 1.165) is 22.0 Å². The van der Waals surface area contributed by atoms with Gasteiger partial charge in [-0.2, -0.15) is 0 Å². The molecule has 0 amide bonds. The van der Waals surface area contributed by atoms with Crippen molar-refractivity contribution in [2.24, 2.45) is 10.7 Å². The summed E-state index contributed by atoms with van der Waals surface area (Å²) in [6, 6.07) is 10.0. The maximum absolute atomic E-state index is 5.81. The van der Waals surface area contributed by atoms with E-state index in [4.69, 9.17) is 5.73 Å². The Hall–Kier alpha value is -2.42. The number of aliphatic imine (C=N–C) groups is 1. The molecule has 0 unspecified atom stereocenters. The van der Waals surface area contributed by atoms with Crippen LogP contribution >= 0.6 is 0 Å². The Labute approximate surface area is 113 Å². The van der Waals surface area contributed by atoms with Gasteiger partial charge in [-0.1, -0.05) is 36.4 Å². The first-order valence-corrected chi connectivity index (χ1v) is 6.09. The Kier molecular flexibility index (Phi) is 3.76. The molecule has 0 spiro atoms. The van der Waals surface area contributed by atoms with E-state index in [1.54, 1.807) is 0 Å². The molecule has 1 aromatic carbocycles. The van der Waals surface area contributed by atoms with Gasteiger partial charge in [0.1, 0.15) is 5.84 Å². The number of fused-ring (bicyclic) bond motifs is 1. The van der Waals surface area contributed by atoms with Crippen LogP contribution in [0, 0.1) is 0 Å². The molecule has 2 aromatic rings. The van der Waals surface area contributed by atoms with Crippen molar-refractivity contribution >= 4 is 22.3 Å². The highest BCUT2D eigenvalue weighted by Crippen LogP contribution is 2.18. The lowest BCUT2D eigenvalue weighted by Crippen LogP contribution is -2.08. The van der Waals surface area contributed by atoms with Gasteiger partial charge in [0.15, 0.2) is 0 Å². The SMILES string of the molecule is C=C(N=C(N)C=C(C)C)c1cc2ccccc2cn1. The van der Waals surface area contributed by atoms with Crippen molar-refractivity contribution in [2.45, 2.75) is 13.8 Å². The van der Waals surface area contributed by atoms with Gasteiger partial charge in [-0.05, 0) is 31.4 Å². The monoisotopic (exact) mass is 251 g/mol. The van der Waals surface area contributed by atoms with Crippen LogP contribution in [0.25, 0.3) is 16.5 Å². The number of nitrogens with zero attached hydrogens (tertiary/aromatic N) is 2. The van der Waals surface area contributed by atoms with Crippen molar-refractivity contribution in [3.05, 3.63) is 60.5 Å². The third-order valence-electron chi connectivity index (χ3n) is 2.63. The number of pyridine rings is 1. The van der Waals surface area contributed by atoms with Gasteiger partial charge in [0, 0.05) is 11.6 Å². The number of benzene rings is 1. The summed E-state index contributed by atoms with van der Waals surface area (Å²) in [4.78, 5) is 8.61. The predicted octanol–water partition coefficient (Wildman–Crippen LogP) is 3.53. The first kappa shape index (κ1) is 13.0. The number of rotatable bonds is 3. The van der Waals surface area contributed by atoms with Crippen molar-refractivity contribution in [2.75, 3.05) is 0 Å². The van der Waals surface area contributed by atoms with Gasteiger partial charge in [0.2, 0.25) is 0 Å². The highest BCUT2D eigenvalue weighted by atomic mass is 14.9. The predicted molar refractivity (Wildman–Crippen MR) is 81.8 cm³/mol. The molecule has 0 aliphatic heterocycles. The van der Waals surface area contributed by atoms with E-state index in [1.807, 2.05) is 56.5 Å². The van der Waals surface area contributed by atoms with E-state index >= 15 is 0 Å². The second kappa shape index (κ2) is 5.48. The fourth-order valence-electron chi connectivity index (χ4n) is 1.78. The summed E-state index contributed by atoms with van der Waals surface area (Å²) in [7, 11) is 0. The third kappa shape index (κ3) is 3.28. The van der Waals surface area contributed by atoms with Gasteiger partial charge in [-0.3, -0.25) is 4.98 Å². The fraction of sp³-hybridized carbons (Fsp3) is 0.125. The zero-order valence-corrected chi connectivity index (χ0v) is 11.2. The van der Waals surface area contributed by atoms with Gasteiger partial charge in [-0.25, -0.2) is 4.99 Å². The fourth-order valence-corrected chi connectivity index (χ4v) is 1.78. The molecule has 0 atom stereocenters. The summed E-state index contributed by atoms with van der Waals surface area (Å²) in [5.74, 6) is 0.444. The lowest BCUT2D eigenvalue weighted by Gasteiger charge is -2.03. The molecule has 0 aliphatic carbocycles. The Morgan fingerprint density at radius 2 is 1.95 bits per heavy atom. The molecule has 0 saturated heterocycles. The largest absolute Gasteiger partial charge is 0.384 e. The number of aromatic nitrogens is 1. The lowest BCUT2D eigenvalue weighted by atomic mass is 10.1. The molecule has 0 bridgehead atoms. The first-order valence-electron chi connectivity index (χ1n) is 6.09. The minimum atomic E-state index is 0.444. The summed E-state index contributed by atoms with van der Waals surface area (Å²) in [6.45, 7) is 7.86. The van der Waals surface area contributed by atoms with E-state index in [-0.39, 0.29) is 0 Å². The zero-order valence-electron chi connectivity index (χ0n) is 11.2. The molecular weight excluding hydrogens is 234 g/mol. The van der Waals surface area contributed by atoms with Gasteiger partial charge in [0.25, 0.3) is 0 Å². The van der Waals surface area contributed by atoms with Crippen molar-refractivity contribution in [1.82, 2.24) is 4.98 Å². The normalized spacial score (nSPS) is 11.4. The minimum absolute atomic E-state index is 0.444. The number of nitrogens with two attached hydrogens (primary N) is 1. The van der Waals surface area contributed by atoms with Gasteiger partial charge < -0.3 is 5.73 Å². The Balaban J connectivity index is 2.34. The van der Waals surface area contributed by atoms with Gasteiger partial charge in [-0.15, -0.1) is 0 Å². The summed E-state index contributed by atoms with van der Waals surface area (Å²) < 4.78 is 0. The van der Waals surface area contributed by atoms with E-state index < -0.39 is 0 Å². The van der Waals surface area contributed by atoms with Crippen LogP contribution in [0.4, 0.5) is 0 Å². The average Bonchev–Trinajstić information content (AvgIpc) is 2.37. The number of amidine groups is 1. The summed E-state index contributed by atoms with van der Waals surface area (Å²) in [5.41, 5.74) is 8.22. The maximum atomic E-state index is 5.81. The molecule has 96 valence electrons. The highest BCUT2D eigenvalue weighted by Gasteiger charge is 2.01. The second-order valence-corrected chi connectivity index (χ2v) is 4.62. The number of hydrogen-bond acceptors (Lipinski definition) is 2. The van der Waals surface area contributed by atoms with Crippen molar-refractivity contribution in [1.29, 1.82) is 0 Å². The van der Waals surface area contributed by atoms with Gasteiger partial charge in [0.05, 0.1) is 11.4 Å². The quantitative estimate of drug-likeness (QED) is 0.670. The molecule has 3 nitrogen and oxygen atoms in total. The molecule has 0 fully saturated rings. The van der Waals surface area contributed by atoms with Crippen LogP contribution in [-0.4, -0.2) is 10.8 Å². The molecule has 0 aliphatic rings. The molecule has 1 aromatic heterocycles.